The normalized spacial score (nSPS) is 16.4. The smallest absolute Gasteiger partial charge is 0.254 e. The number of carbonyl (C=O) groups is 1. The van der Waals surface area contributed by atoms with Crippen molar-refractivity contribution in [1.29, 1.82) is 0 Å². The van der Waals surface area contributed by atoms with Crippen molar-refractivity contribution < 1.29 is 18.0 Å². The van der Waals surface area contributed by atoms with E-state index in [9.17, 15) is 18.0 Å². The molecule has 0 atom stereocenters. The Hall–Kier alpha value is -1.56. The van der Waals surface area contributed by atoms with Crippen LogP contribution in [0.1, 0.15) is 23.2 Å². The zero-order valence-electron chi connectivity index (χ0n) is 10.3. The fraction of sp³-hybridized carbons (Fsp3) is 0.462. The second-order valence-electron chi connectivity index (χ2n) is 4.63. The number of carbonyl (C=O) groups excluding carboxylic acids is 1. The van der Waals surface area contributed by atoms with Crippen molar-refractivity contribution in [2.24, 2.45) is 5.92 Å². The van der Waals surface area contributed by atoms with Crippen molar-refractivity contribution in [3.63, 3.8) is 0 Å². The third-order valence-electron chi connectivity index (χ3n) is 3.29. The SMILES string of the molecule is O=C(NCC1CCNCC1)c1ccc(F)c(F)c1F. The molecular formula is C13H15F3N2O. The number of rotatable bonds is 3. The van der Waals surface area contributed by atoms with Gasteiger partial charge in [0.25, 0.3) is 5.91 Å². The lowest BCUT2D eigenvalue weighted by molar-refractivity contribution is 0.0939. The van der Waals surface area contributed by atoms with E-state index < -0.39 is 28.9 Å². The molecule has 104 valence electrons. The summed E-state index contributed by atoms with van der Waals surface area (Å²) in [7, 11) is 0. The van der Waals surface area contributed by atoms with E-state index in [0.717, 1.165) is 38.1 Å². The van der Waals surface area contributed by atoms with Gasteiger partial charge in [0.05, 0.1) is 5.56 Å². The fourth-order valence-electron chi connectivity index (χ4n) is 2.12. The molecule has 1 aromatic carbocycles. The molecule has 0 aliphatic carbocycles. The van der Waals surface area contributed by atoms with Crippen LogP contribution >= 0.6 is 0 Å². The summed E-state index contributed by atoms with van der Waals surface area (Å²) in [6.45, 7) is 2.19. The first-order valence-electron chi connectivity index (χ1n) is 6.22. The van der Waals surface area contributed by atoms with Crippen LogP contribution in [0.4, 0.5) is 13.2 Å². The van der Waals surface area contributed by atoms with Crippen LogP contribution in [0.5, 0.6) is 0 Å². The predicted molar refractivity (Wildman–Crippen MR) is 64.2 cm³/mol. The van der Waals surface area contributed by atoms with Crippen LogP contribution in [-0.2, 0) is 0 Å². The minimum atomic E-state index is -1.62. The number of nitrogens with one attached hydrogen (secondary N) is 2. The highest BCUT2D eigenvalue weighted by Crippen LogP contribution is 2.15. The fourth-order valence-corrected chi connectivity index (χ4v) is 2.12. The first-order chi connectivity index (χ1) is 9.09. The standard InChI is InChI=1S/C13H15F3N2O/c14-10-2-1-9(11(15)12(10)16)13(19)18-7-8-3-5-17-6-4-8/h1-2,8,17H,3-7H2,(H,18,19). The van der Waals surface area contributed by atoms with Gasteiger partial charge in [0.2, 0.25) is 0 Å². The van der Waals surface area contributed by atoms with Crippen molar-refractivity contribution in [2.75, 3.05) is 19.6 Å². The number of amides is 1. The Bertz CT molecular complexity index is 473. The summed E-state index contributed by atoms with van der Waals surface area (Å²) in [6, 6.07) is 1.70. The van der Waals surface area contributed by atoms with Crippen molar-refractivity contribution >= 4 is 5.91 Å². The molecule has 1 amide bonds. The summed E-state index contributed by atoms with van der Waals surface area (Å²) in [5.41, 5.74) is -0.465. The summed E-state index contributed by atoms with van der Waals surface area (Å²) >= 11 is 0. The minimum absolute atomic E-state index is 0.332. The Morgan fingerprint density at radius 3 is 2.58 bits per heavy atom. The lowest BCUT2D eigenvalue weighted by atomic mass is 9.98. The van der Waals surface area contributed by atoms with Gasteiger partial charge in [-0.05, 0) is 44.0 Å². The van der Waals surface area contributed by atoms with Crippen molar-refractivity contribution in [3.05, 3.63) is 35.1 Å². The molecule has 0 saturated carbocycles. The Morgan fingerprint density at radius 2 is 1.89 bits per heavy atom. The van der Waals surface area contributed by atoms with E-state index in [-0.39, 0.29) is 0 Å². The molecule has 3 nitrogen and oxygen atoms in total. The van der Waals surface area contributed by atoms with Gasteiger partial charge in [-0.1, -0.05) is 0 Å². The topological polar surface area (TPSA) is 41.1 Å². The zero-order chi connectivity index (χ0) is 13.8. The van der Waals surface area contributed by atoms with Crippen molar-refractivity contribution in [3.8, 4) is 0 Å². The average molecular weight is 272 g/mol. The van der Waals surface area contributed by atoms with Gasteiger partial charge in [0, 0.05) is 6.54 Å². The molecule has 0 radical (unpaired) electrons. The molecule has 1 fully saturated rings. The van der Waals surface area contributed by atoms with E-state index in [0.29, 0.717) is 12.5 Å². The maximum atomic E-state index is 13.4. The quantitative estimate of drug-likeness (QED) is 0.824. The lowest BCUT2D eigenvalue weighted by Gasteiger charge is -2.22. The van der Waals surface area contributed by atoms with E-state index in [4.69, 9.17) is 0 Å². The molecule has 0 aromatic heterocycles. The van der Waals surface area contributed by atoms with Gasteiger partial charge in [0.15, 0.2) is 17.5 Å². The second-order valence-corrected chi connectivity index (χ2v) is 4.63. The maximum Gasteiger partial charge on any atom is 0.254 e. The Kier molecular flexibility index (Phi) is 4.42. The number of hydrogen-bond acceptors (Lipinski definition) is 2. The van der Waals surface area contributed by atoms with Gasteiger partial charge >= 0.3 is 0 Å². The summed E-state index contributed by atoms with van der Waals surface area (Å²) in [6.07, 6.45) is 1.86. The highest BCUT2D eigenvalue weighted by Gasteiger charge is 2.20. The number of piperidine rings is 1. The molecule has 19 heavy (non-hydrogen) atoms. The number of halogens is 3. The summed E-state index contributed by atoms with van der Waals surface area (Å²) in [5.74, 6) is -4.74. The first kappa shape index (κ1) is 13.9. The second kappa shape index (κ2) is 6.06. The molecule has 1 saturated heterocycles. The average Bonchev–Trinajstić information content (AvgIpc) is 2.43. The van der Waals surface area contributed by atoms with Crippen LogP contribution in [0.2, 0.25) is 0 Å². The molecule has 0 unspecified atom stereocenters. The first-order valence-corrected chi connectivity index (χ1v) is 6.22. The van der Waals surface area contributed by atoms with Crippen LogP contribution in [0.15, 0.2) is 12.1 Å². The largest absolute Gasteiger partial charge is 0.352 e. The zero-order valence-corrected chi connectivity index (χ0v) is 10.3. The predicted octanol–water partition coefficient (Wildman–Crippen LogP) is 1.83. The number of hydrogen-bond donors (Lipinski definition) is 2. The third-order valence-corrected chi connectivity index (χ3v) is 3.29. The Labute approximate surface area is 109 Å². The highest BCUT2D eigenvalue weighted by molar-refractivity contribution is 5.94. The van der Waals surface area contributed by atoms with Crippen LogP contribution < -0.4 is 10.6 Å². The molecule has 2 N–H and O–H groups in total. The molecule has 0 bridgehead atoms. The Morgan fingerprint density at radius 1 is 1.21 bits per heavy atom. The van der Waals surface area contributed by atoms with Gasteiger partial charge in [-0.15, -0.1) is 0 Å². The summed E-state index contributed by atoms with van der Waals surface area (Å²) < 4.78 is 39.1. The van der Waals surface area contributed by atoms with Gasteiger partial charge in [-0.25, -0.2) is 13.2 Å². The maximum absolute atomic E-state index is 13.4. The van der Waals surface area contributed by atoms with Crippen LogP contribution in [-0.4, -0.2) is 25.5 Å². The van der Waals surface area contributed by atoms with Crippen LogP contribution in [0, 0.1) is 23.4 Å². The molecule has 1 aliphatic rings. The monoisotopic (exact) mass is 272 g/mol. The minimum Gasteiger partial charge on any atom is -0.352 e. The van der Waals surface area contributed by atoms with E-state index in [1.54, 1.807) is 0 Å². The summed E-state index contributed by atoms with van der Waals surface area (Å²) in [5, 5.41) is 5.75. The van der Waals surface area contributed by atoms with E-state index in [2.05, 4.69) is 10.6 Å². The molecule has 1 heterocycles. The lowest BCUT2D eigenvalue weighted by Crippen LogP contribution is -2.36. The van der Waals surface area contributed by atoms with Gasteiger partial charge in [0.1, 0.15) is 0 Å². The van der Waals surface area contributed by atoms with Gasteiger partial charge < -0.3 is 10.6 Å². The van der Waals surface area contributed by atoms with Crippen LogP contribution in [0.3, 0.4) is 0 Å². The summed E-state index contributed by atoms with van der Waals surface area (Å²) in [4.78, 5) is 11.7. The molecule has 1 aromatic rings. The van der Waals surface area contributed by atoms with Crippen molar-refractivity contribution in [1.82, 2.24) is 10.6 Å². The molecule has 6 heteroatoms. The van der Waals surface area contributed by atoms with E-state index >= 15 is 0 Å². The Balaban J connectivity index is 1.98. The highest BCUT2D eigenvalue weighted by atomic mass is 19.2. The van der Waals surface area contributed by atoms with Crippen LogP contribution in [0.25, 0.3) is 0 Å². The molecular weight excluding hydrogens is 257 g/mol. The van der Waals surface area contributed by atoms with E-state index in [1.807, 2.05) is 0 Å². The molecule has 2 rings (SSSR count). The van der Waals surface area contributed by atoms with Gasteiger partial charge in [-0.3, -0.25) is 4.79 Å². The third kappa shape index (κ3) is 3.26. The van der Waals surface area contributed by atoms with Crippen molar-refractivity contribution in [2.45, 2.75) is 12.8 Å². The molecule has 0 spiro atoms. The van der Waals surface area contributed by atoms with Gasteiger partial charge in [-0.2, -0.15) is 0 Å². The number of benzene rings is 1. The molecule has 1 aliphatic heterocycles. The van der Waals surface area contributed by atoms with E-state index in [1.165, 1.54) is 0 Å².